The van der Waals surface area contributed by atoms with E-state index in [2.05, 4.69) is 10.4 Å². The number of fused-ring (bicyclic) bond motifs is 1. The molecular formula is C11H10ClN3O. The van der Waals surface area contributed by atoms with Gasteiger partial charge in [0.15, 0.2) is 0 Å². The van der Waals surface area contributed by atoms with Gasteiger partial charge >= 0.3 is 0 Å². The number of para-hydroxylation sites is 1. The molecule has 0 aliphatic carbocycles. The topological polar surface area (TPSA) is 68.0 Å². The third-order valence-electron chi connectivity index (χ3n) is 2.29. The number of carbonyl (C=O) groups is 1. The summed E-state index contributed by atoms with van der Waals surface area (Å²) in [7, 11) is 0. The number of carbonyl (C=O) groups excluding carboxylic acids is 1. The number of aryl methyl sites for hydroxylation is 1. The van der Waals surface area contributed by atoms with Gasteiger partial charge in [0.05, 0.1) is 16.1 Å². The van der Waals surface area contributed by atoms with Crippen LogP contribution in [0.25, 0.3) is 10.9 Å². The number of hydrazine groups is 1. The molecule has 0 unspecified atom stereocenters. The van der Waals surface area contributed by atoms with E-state index in [9.17, 15) is 4.79 Å². The summed E-state index contributed by atoms with van der Waals surface area (Å²) in [6, 6.07) is 6.98. The molecule has 0 aliphatic heterocycles. The summed E-state index contributed by atoms with van der Waals surface area (Å²) in [4.78, 5) is 15.9. The van der Waals surface area contributed by atoms with Crippen LogP contribution in [0.5, 0.6) is 0 Å². The van der Waals surface area contributed by atoms with E-state index in [1.807, 2.05) is 0 Å². The fourth-order valence-corrected chi connectivity index (χ4v) is 1.82. The summed E-state index contributed by atoms with van der Waals surface area (Å²) < 4.78 is 0. The molecule has 0 saturated carbocycles. The van der Waals surface area contributed by atoms with Crippen LogP contribution in [0.15, 0.2) is 24.3 Å². The first kappa shape index (κ1) is 10.9. The van der Waals surface area contributed by atoms with Crippen LogP contribution in [0.1, 0.15) is 16.1 Å². The van der Waals surface area contributed by atoms with Crippen LogP contribution in [-0.2, 0) is 0 Å². The fraction of sp³-hybridized carbons (Fsp3) is 0.0909. The van der Waals surface area contributed by atoms with Crippen molar-refractivity contribution in [2.24, 2.45) is 5.84 Å². The summed E-state index contributed by atoms with van der Waals surface area (Å²) >= 11 is 6.02. The Labute approximate surface area is 97.4 Å². The lowest BCUT2D eigenvalue weighted by Crippen LogP contribution is -2.30. The highest BCUT2D eigenvalue weighted by atomic mass is 35.5. The highest BCUT2D eigenvalue weighted by Crippen LogP contribution is 2.24. The maximum absolute atomic E-state index is 11.6. The highest BCUT2D eigenvalue weighted by Gasteiger charge is 2.12. The second-order valence-electron chi connectivity index (χ2n) is 3.42. The molecule has 1 aromatic carbocycles. The van der Waals surface area contributed by atoms with Crippen molar-refractivity contribution in [3.63, 3.8) is 0 Å². The van der Waals surface area contributed by atoms with Gasteiger partial charge in [-0.3, -0.25) is 15.2 Å². The zero-order chi connectivity index (χ0) is 11.7. The summed E-state index contributed by atoms with van der Waals surface area (Å²) in [6.45, 7) is 1.80. The van der Waals surface area contributed by atoms with Crippen LogP contribution >= 0.6 is 11.6 Å². The number of nitrogen functional groups attached to an aromatic ring is 1. The number of pyridine rings is 1. The Balaban J connectivity index is 2.83. The van der Waals surface area contributed by atoms with Crippen molar-refractivity contribution in [3.8, 4) is 0 Å². The third-order valence-corrected chi connectivity index (χ3v) is 2.60. The zero-order valence-corrected chi connectivity index (χ0v) is 9.38. The summed E-state index contributed by atoms with van der Waals surface area (Å²) in [5.74, 6) is 4.78. The number of hydrogen-bond acceptors (Lipinski definition) is 3. The maximum Gasteiger partial charge on any atom is 0.265 e. The molecule has 0 fully saturated rings. The number of nitrogens with two attached hydrogens (primary N) is 1. The lowest BCUT2D eigenvalue weighted by molar-refractivity contribution is 0.0955. The summed E-state index contributed by atoms with van der Waals surface area (Å²) in [5, 5.41) is 1.22. The van der Waals surface area contributed by atoms with Crippen LogP contribution < -0.4 is 11.3 Å². The zero-order valence-electron chi connectivity index (χ0n) is 8.62. The van der Waals surface area contributed by atoms with E-state index in [1.165, 1.54) is 0 Å². The first-order valence-electron chi connectivity index (χ1n) is 4.70. The molecule has 1 aromatic heterocycles. The van der Waals surface area contributed by atoms with Crippen LogP contribution in [-0.4, -0.2) is 10.9 Å². The number of rotatable bonds is 1. The molecule has 0 saturated heterocycles. The van der Waals surface area contributed by atoms with E-state index in [1.54, 1.807) is 31.2 Å². The first-order valence-corrected chi connectivity index (χ1v) is 5.08. The van der Waals surface area contributed by atoms with Gasteiger partial charge in [-0.05, 0) is 19.1 Å². The smallest absolute Gasteiger partial charge is 0.265 e. The predicted octanol–water partition coefficient (Wildman–Crippen LogP) is 1.80. The molecule has 0 atom stereocenters. The number of hydrogen-bond donors (Lipinski definition) is 2. The monoisotopic (exact) mass is 235 g/mol. The quantitative estimate of drug-likeness (QED) is 0.450. The minimum absolute atomic E-state index is 0.349. The predicted molar refractivity (Wildman–Crippen MR) is 63.1 cm³/mol. The van der Waals surface area contributed by atoms with Gasteiger partial charge in [0, 0.05) is 11.1 Å². The van der Waals surface area contributed by atoms with Crippen molar-refractivity contribution in [1.82, 2.24) is 10.4 Å². The molecule has 5 heteroatoms. The van der Waals surface area contributed by atoms with Gasteiger partial charge in [0.2, 0.25) is 0 Å². The van der Waals surface area contributed by atoms with Gasteiger partial charge < -0.3 is 0 Å². The number of nitrogens with zero attached hydrogens (tertiary/aromatic N) is 1. The SMILES string of the molecule is Cc1cc(C(=O)NN)c2cccc(Cl)c2n1. The van der Waals surface area contributed by atoms with Gasteiger partial charge in [-0.2, -0.15) is 0 Å². The average Bonchev–Trinajstić information content (AvgIpc) is 2.28. The van der Waals surface area contributed by atoms with Crippen molar-refractivity contribution < 1.29 is 4.79 Å². The van der Waals surface area contributed by atoms with Gasteiger partial charge in [0.1, 0.15) is 0 Å². The molecule has 3 N–H and O–H groups in total. The van der Waals surface area contributed by atoms with Crippen LogP contribution in [0.3, 0.4) is 0 Å². The molecule has 0 spiro atoms. The Hall–Kier alpha value is -1.65. The molecule has 1 amide bonds. The number of nitrogens with one attached hydrogen (secondary N) is 1. The molecular weight excluding hydrogens is 226 g/mol. The molecule has 0 radical (unpaired) electrons. The number of aromatic nitrogens is 1. The standard InChI is InChI=1S/C11H10ClN3O/c1-6-5-8(11(16)15-13)7-3-2-4-9(12)10(7)14-6/h2-5H,13H2,1H3,(H,15,16). The lowest BCUT2D eigenvalue weighted by atomic mass is 10.1. The van der Waals surface area contributed by atoms with Gasteiger partial charge in [-0.1, -0.05) is 23.7 Å². The molecule has 1 heterocycles. The van der Waals surface area contributed by atoms with E-state index >= 15 is 0 Å². The van der Waals surface area contributed by atoms with Gasteiger partial charge in [-0.25, -0.2) is 5.84 Å². The molecule has 0 aliphatic rings. The van der Waals surface area contributed by atoms with E-state index in [-0.39, 0.29) is 5.91 Å². The van der Waals surface area contributed by atoms with Crippen LogP contribution in [0.4, 0.5) is 0 Å². The van der Waals surface area contributed by atoms with Gasteiger partial charge in [0.25, 0.3) is 5.91 Å². The second-order valence-corrected chi connectivity index (χ2v) is 3.83. The first-order chi connectivity index (χ1) is 7.63. The van der Waals surface area contributed by atoms with Crippen molar-refractivity contribution in [1.29, 1.82) is 0 Å². The van der Waals surface area contributed by atoms with Crippen LogP contribution in [0, 0.1) is 6.92 Å². The number of halogens is 1. The van der Waals surface area contributed by atoms with E-state index < -0.39 is 0 Å². The van der Waals surface area contributed by atoms with E-state index in [0.29, 0.717) is 21.5 Å². The van der Waals surface area contributed by atoms with Crippen molar-refractivity contribution in [2.75, 3.05) is 0 Å². The Morgan fingerprint density at radius 3 is 2.94 bits per heavy atom. The molecule has 16 heavy (non-hydrogen) atoms. The molecule has 82 valence electrons. The average molecular weight is 236 g/mol. The van der Waals surface area contributed by atoms with Crippen LogP contribution in [0.2, 0.25) is 5.02 Å². The Bertz CT molecular complexity index is 568. The van der Waals surface area contributed by atoms with Crippen molar-refractivity contribution in [2.45, 2.75) is 6.92 Å². The second kappa shape index (κ2) is 4.08. The van der Waals surface area contributed by atoms with Crippen molar-refractivity contribution in [3.05, 3.63) is 40.5 Å². The Morgan fingerprint density at radius 2 is 2.25 bits per heavy atom. The normalized spacial score (nSPS) is 10.4. The Morgan fingerprint density at radius 1 is 1.50 bits per heavy atom. The van der Waals surface area contributed by atoms with Gasteiger partial charge in [-0.15, -0.1) is 0 Å². The minimum Gasteiger partial charge on any atom is -0.290 e. The molecule has 0 bridgehead atoms. The maximum atomic E-state index is 11.6. The summed E-state index contributed by atoms with van der Waals surface area (Å²) in [5.41, 5.74) is 3.92. The molecule has 2 aromatic rings. The highest BCUT2D eigenvalue weighted by molar-refractivity contribution is 6.35. The number of benzene rings is 1. The lowest BCUT2D eigenvalue weighted by Gasteiger charge is -2.07. The van der Waals surface area contributed by atoms with Crippen molar-refractivity contribution >= 4 is 28.4 Å². The third kappa shape index (κ3) is 1.73. The molecule has 2 rings (SSSR count). The van der Waals surface area contributed by atoms with E-state index in [0.717, 1.165) is 5.69 Å². The minimum atomic E-state index is -0.349. The van der Waals surface area contributed by atoms with E-state index in [4.69, 9.17) is 17.4 Å². The molecule has 4 nitrogen and oxygen atoms in total. The summed E-state index contributed by atoms with van der Waals surface area (Å²) in [6.07, 6.45) is 0. The number of amides is 1. The largest absolute Gasteiger partial charge is 0.290 e. The fourth-order valence-electron chi connectivity index (χ4n) is 1.61. The Kier molecular flexibility index (Phi) is 2.77.